The van der Waals surface area contributed by atoms with Crippen LogP contribution in [0.2, 0.25) is 0 Å². The van der Waals surface area contributed by atoms with E-state index in [1.54, 1.807) is 0 Å². The Morgan fingerprint density at radius 2 is 0.724 bits per heavy atom. The lowest BCUT2D eigenvalue weighted by Crippen LogP contribution is -2.24. The van der Waals surface area contributed by atoms with E-state index in [2.05, 4.69) is 232 Å². The molecule has 58 heavy (non-hydrogen) atoms. The molecule has 0 saturated carbocycles. The molecule has 0 unspecified atom stereocenters. The maximum Gasteiger partial charge on any atom is 0.139 e. The zero-order valence-corrected chi connectivity index (χ0v) is 35.1. The van der Waals surface area contributed by atoms with Crippen molar-refractivity contribution in [2.75, 3.05) is 10.6 Å². The van der Waals surface area contributed by atoms with E-state index in [0.29, 0.717) is 0 Å². The van der Waals surface area contributed by atoms with E-state index in [0.717, 1.165) is 66.9 Å². The smallest absolute Gasteiger partial charge is 0.139 e. The van der Waals surface area contributed by atoms with Crippen LogP contribution in [0.1, 0.15) is 22.3 Å². The highest BCUT2D eigenvalue weighted by molar-refractivity contribution is 7.88. The van der Waals surface area contributed by atoms with Crippen molar-refractivity contribution in [3.05, 3.63) is 216 Å². The van der Waals surface area contributed by atoms with Gasteiger partial charge in [-0.3, -0.25) is 0 Å². The average Bonchev–Trinajstić information content (AvgIpc) is 3.26. The van der Waals surface area contributed by atoms with Gasteiger partial charge >= 0.3 is 0 Å². The largest absolute Gasteiger partial charge is 0.339 e. The molecule has 4 nitrogen and oxygen atoms in total. The van der Waals surface area contributed by atoms with E-state index >= 15 is 0 Å². The third-order valence-electron chi connectivity index (χ3n) is 10.2. The van der Waals surface area contributed by atoms with Crippen LogP contribution in [0.3, 0.4) is 0 Å². The first-order valence-electron chi connectivity index (χ1n) is 19.6. The molecular weight excluding hydrogens is 743 g/mol. The van der Waals surface area contributed by atoms with Gasteiger partial charge in [0.05, 0.1) is 11.4 Å². The van der Waals surface area contributed by atoms with E-state index in [1.165, 1.54) is 21.2 Å². The lowest BCUT2D eigenvalue weighted by Gasteiger charge is -2.25. The normalized spacial score (nSPS) is 12.0. The molecule has 8 aromatic carbocycles. The molecule has 0 bridgehead atoms. The molecule has 0 radical (unpaired) electrons. The summed E-state index contributed by atoms with van der Waals surface area (Å²) in [6, 6.07) is 68.8. The topological polar surface area (TPSA) is 48.8 Å². The summed E-state index contributed by atoms with van der Waals surface area (Å²) < 4.78 is 0. The fourth-order valence-corrected chi connectivity index (χ4v) is 11.6. The SMILES string of the molecule is Cc1cccc(C)c1NC(=Nc1ccc2ccccc2c1N=C(Nc1c(C)cccc1C)P(c1ccccc1)c1ccccc1)P(c1ccccc1)c1ccccc1. The summed E-state index contributed by atoms with van der Waals surface area (Å²) in [4.78, 5) is 11.6. The number of hydrogen-bond acceptors (Lipinski definition) is 2. The van der Waals surface area contributed by atoms with Gasteiger partial charge in [0, 0.05) is 32.6 Å². The first-order chi connectivity index (χ1) is 28.4. The fraction of sp³-hybridized carbons (Fsp3) is 0.0769. The number of nitrogens with one attached hydrogen (secondary N) is 2. The predicted octanol–water partition coefficient (Wildman–Crippen LogP) is 12.5. The monoisotopic (exact) mass is 788 g/mol. The molecule has 0 saturated heterocycles. The highest BCUT2D eigenvalue weighted by Crippen LogP contribution is 2.45. The summed E-state index contributed by atoms with van der Waals surface area (Å²) in [5, 5.41) is 14.9. The number of anilines is 2. The van der Waals surface area contributed by atoms with Crippen molar-refractivity contribution in [3.63, 3.8) is 0 Å². The van der Waals surface area contributed by atoms with Crippen molar-refractivity contribution >= 4 is 81.7 Å². The Morgan fingerprint density at radius 3 is 1.14 bits per heavy atom. The minimum absolute atomic E-state index is 0.795. The second kappa shape index (κ2) is 18.0. The summed E-state index contributed by atoms with van der Waals surface area (Å²) in [7, 11) is -2.25. The predicted molar refractivity (Wildman–Crippen MR) is 255 cm³/mol. The standard InChI is InChI=1S/C52H46N4P2/c1-37-21-19-22-38(2)48(37)54-51(57(42-26-9-5-10-27-42)43-28-11-6-12-29-43)53-47-36-35-41-25-17-18-34-46(41)50(47)56-52(55-49-39(3)23-20-24-40(49)4)58(44-30-13-7-14-31-44)45-32-15-8-16-33-45/h5-36H,1-4H3,(H,53,54)(H,55,56). The van der Waals surface area contributed by atoms with Gasteiger partial charge in [0.15, 0.2) is 0 Å². The number of aliphatic imine (C=N–C) groups is 2. The number of nitrogens with zero attached hydrogens (tertiary/aromatic N) is 2. The van der Waals surface area contributed by atoms with Crippen LogP contribution in [-0.4, -0.2) is 11.2 Å². The summed E-state index contributed by atoms with van der Waals surface area (Å²) in [5.41, 5.74) is 10.2. The Morgan fingerprint density at radius 1 is 0.362 bits per heavy atom. The third-order valence-corrected chi connectivity index (χ3v) is 14.8. The number of hydrogen-bond donors (Lipinski definition) is 2. The Hall–Kier alpha value is -6.18. The number of amidine groups is 2. The van der Waals surface area contributed by atoms with Crippen LogP contribution in [0.4, 0.5) is 22.7 Å². The van der Waals surface area contributed by atoms with E-state index in [-0.39, 0.29) is 0 Å². The molecule has 0 aliphatic rings. The maximum atomic E-state index is 5.82. The molecule has 0 atom stereocenters. The molecule has 0 aromatic heterocycles. The summed E-state index contributed by atoms with van der Waals surface area (Å²) >= 11 is 0. The number of benzene rings is 8. The number of aryl methyl sites for hydroxylation is 4. The second-order valence-electron chi connectivity index (χ2n) is 14.3. The van der Waals surface area contributed by atoms with E-state index in [4.69, 9.17) is 9.98 Å². The van der Waals surface area contributed by atoms with Gasteiger partial charge in [-0.25, -0.2) is 9.98 Å². The van der Waals surface area contributed by atoms with Gasteiger partial charge in [-0.05, 0) is 82.6 Å². The quantitative estimate of drug-likeness (QED) is 0.0824. The Labute approximate surface area is 345 Å². The molecule has 8 aromatic rings. The van der Waals surface area contributed by atoms with Crippen LogP contribution in [0.15, 0.2) is 204 Å². The number of para-hydroxylation sites is 2. The minimum Gasteiger partial charge on any atom is -0.339 e. The first kappa shape index (κ1) is 38.7. The second-order valence-corrected chi connectivity index (χ2v) is 18.6. The molecule has 0 aliphatic heterocycles. The first-order valence-corrected chi connectivity index (χ1v) is 22.3. The van der Waals surface area contributed by atoms with Gasteiger partial charge in [-0.2, -0.15) is 0 Å². The highest BCUT2D eigenvalue weighted by Gasteiger charge is 2.26. The molecular formula is C52H46N4P2. The molecule has 2 N–H and O–H groups in total. The zero-order valence-electron chi connectivity index (χ0n) is 33.3. The summed E-state index contributed by atoms with van der Waals surface area (Å²) in [6.07, 6.45) is 0. The van der Waals surface area contributed by atoms with E-state index < -0.39 is 15.8 Å². The van der Waals surface area contributed by atoms with Gasteiger partial charge in [0.2, 0.25) is 0 Å². The van der Waals surface area contributed by atoms with E-state index in [9.17, 15) is 0 Å². The van der Waals surface area contributed by atoms with Crippen molar-refractivity contribution < 1.29 is 0 Å². The van der Waals surface area contributed by atoms with Gasteiger partial charge in [-0.15, -0.1) is 0 Å². The summed E-state index contributed by atoms with van der Waals surface area (Å²) in [6.45, 7) is 8.64. The third kappa shape index (κ3) is 8.55. The van der Waals surface area contributed by atoms with Gasteiger partial charge in [-0.1, -0.05) is 188 Å². The molecule has 6 heteroatoms. The van der Waals surface area contributed by atoms with Gasteiger partial charge in [0.1, 0.15) is 11.2 Å². The fourth-order valence-electron chi connectivity index (χ4n) is 7.28. The van der Waals surface area contributed by atoms with Crippen molar-refractivity contribution in [2.45, 2.75) is 27.7 Å². The Balaban J connectivity index is 1.43. The van der Waals surface area contributed by atoms with Crippen molar-refractivity contribution in [2.24, 2.45) is 9.98 Å². The molecule has 8 rings (SSSR count). The van der Waals surface area contributed by atoms with Crippen LogP contribution in [0.25, 0.3) is 10.8 Å². The van der Waals surface area contributed by atoms with Gasteiger partial charge < -0.3 is 10.6 Å². The highest BCUT2D eigenvalue weighted by atomic mass is 31.1. The maximum absolute atomic E-state index is 5.82. The summed E-state index contributed by atoms with van der Waals surface area (Å²) in [5.74, 6) is 0. The van der Waals surface area contributed by atoms with Crippen molar-refractivity contribution in [1.82, 2.24) is 0 Å². The molecule has 0 amide bonds. The Bertz CT molecular complexity index is 2600. The van der Waals surface area contributed by atoms with Gasteiger partial charge in [0.25, 0.3) is 0 Å². The Kier molecular flexibility index (Phi) is 12.0. The average molecular weight is 789 g/mol. The lowest BCUT2D eigenvalue weighted by molar-refractivity contribution is 1.37. The number of rotatable bonds is 10. The van der Waals surface area contributed by atoms with Crippen LogP contribution < -0.4 is 31.9 Å². The van der Waals surface area contributed by atoms with Crippen molar-refractivity contribution in [1.29, 1.82) is 0 Å². The van der Waals surface area contributed by atoms with Crippen LogP contribution in [-0.2, 0) is 0 Å². The lowest BCUT2D eigenvalue weighted by atomic mass is 10.1. The zero-order chi connectivity index (χ0) is 39.8. The molecule has 0 fully saturated rings. The van der Waals surface area contributed by atoms with E-state index in [1.807, 2.05) is 0 Å². The van der Waals surface area contributed by atoms with Crippen LogP contribution in [0.5, 0.6) is 0 Å². The molecule has 0 aliphatic carbocycles. The van der Waals surface area contributed by atoms with Crippen LogP contribution in [0, 0.1) is 27.7 Å². The van der Waals surface area contributed by atoms with Crippen LogP contribution >= 0.6 is 15.8 Å². The van der Waals surface area contributed by atoms with Crippen molar-refractivity contribution in [3.8, 4) is 0 Å². The molecule has 284 valence electrons. The molecule has 0 heterocycles. The number of fused-ring (bicyclic) bond motifs is 1. The minimum atomic E-state index is -1.13. The molecule has 0 spiro atoms.